The van der Waals surface area contributed by atoms with Crippen molar-refractivity contribution in [3.63, 3.8) is 0 Å². The highest BCUT2D eigenvalue weighted by Crippen LogP contribution is 2.24. The van der Waals surface area contributed by atoms with Crippen molar-refractivity contribution in [2.75, 3.05) is 19.7 Å². The van der Waals surface area contributed by atoms with Crippen molar-refractivity contribution in [2.24, 2.45) is 0 Å². The minimum absolute atomic E-state index is 0.640. The normalized spacial score (nSPS) is 25.1. The molecule has 3 heteroatoms. The third kappa shape index (κ3) is 1.70. The lowest BCUT2D eigenvalue weighted by molar-refractivity contribution is 0.394. The number of nitrogens with zero attached hydrogens (tertiary/aromatic N) is 1. The van der Waals surface area contributed by atoms with Crippen molar-refractivity contribution >= 4 is 8.96 Å². The molecular formula is C5H12NOP. The second kappa shape index (κ2) is 3.39. The highest BCUT2D eigenvalue weighted by molar-refractivity contribution is 7.29. The SMILES string of the molecule is CCCN1CCOP1. The number of hydrogen-bond donors (Lipinski definition) is 0. The summed E-state index contributed by atoms with van der Waals surface area (Å²) < 4.78 is 7.51. The van der Waals surface area contributed by atoms with Crippen molar-refractivity contribution < 1.29 is 4.52 Å². The summed E-state index contributed by atoms with van der Waals surface area (Å²) in [5.74, 6) is 0. The molecule has 0 bridgehead atoms. The van der Waals surface area contributed by atoms with Crippen molar-refractivity contribution in [3.8, 4) is 0 Å². The van der Waals surface area contributed by atoms with Crippen LogP contribution < -0.4 is 0 Å². The zero-order valence-corrected chi connectivity index (χ0v) is 6.18. The van der Waals surface area contributed by atoms with Gasteiger partial charge in [0.25, 0.3) is 0 Å². The van der Waals surface area contributed by atoms with E-state index in [1.54, 1.807) is 0 Å². The van der Waals surface area contributed by atoms with Crippen LogP contribution in [0.1, 0.15) is 13.3 Å². The summed E-state index contributed by atoms with van der Waals surface area (Å²) >= 11 is 0. The van der Waals surface area contributed by atoms with Gasteiger partial charge in [-0.25, -0.2) is 0 Å². The molecule has 1 aliphatic heterocycles. The molecule has 0 aromatic heterocycles. The third-order valence-electron chi connectivity index (χ3n) is 1.15. The second-order valence-electron chi connectivity index (χ2n) is 1.93. The fraction of sp³-hybridized carbons (Fsp3) is 1.00. The molecule has 0 saturated carbocycles. The van der Waals surface area contributed by atoms with Gasteiger partial charge < -0.3 is 4.52 Å². The Balaban J connectivity index is 2.06. The van der Waals surface area contributed by atoms with Crippen LogP contribution in [0.4, 0.5) is 0 Å². The predicted octanol–water partition coefficient (Wildman–Crippen LogP) is 1.24. The Morgan fingerprint density at radius 2 is 2.62 bits per heavy atom. The molecule has 8 heavy (non-hydrogen) atoms. The molecule has 1 fully saturated rings. The maximum Gasteiger partial charge on any atom is 0.0890 e. The van der Waals surface area contributed by atoms with Crippen molar-refractivity contribution in [1.82, 2.24) is 4.67 Å². The first-order valence-electron chi connectivity index (χ1n) is 3.06. The number of hydrogen-bond acceptors (Lipinski definition) is 2. The van der Waals surface area contributed by atoms with Gasteiger partial charge in [-0.2, -0.15) is 0 Å². The Kier molecular flexibility index (Phi) is 2.74. The highest BCUT2D eigenvalue weighted by atomic mass is 31.1. The topological polar surface area (TPSA) is 12.5 Å². The molecule has 0 spiro atoms. The van der Waals surface area contributed by atoms with Crippen LogP contribution in [0.15, 0.2) is 0 Å². The maximum absolute atomic E-state index is 5.16. The summed E-state index contributed by atoms with van der Waals surface area (Å²) in [6.45, 7) is 5.49. The number of rotatable bonds is 2. The molecule has 0 aliphatic carbocycles. The molecular weight excluding hydrogens is 121 g/mol. The first-order chi connectivity index (χ1) is 3.93. The van der Waals surface area contributed by atoms with Gasteiger partial charge in [-0.05, 0) is 6.42 Å². The Bertz CT molecular complexity index is 63.4. The van der Waals surface area contributed by atoms with Crippen molar-refractivity contribution in [1.29, 1.82) is 0 Å². The molecule has 1 aliphatic rings. The van der Waals surface area contributed by atoms with Crippen LogP contribution in [-0.4, -0.2) is 24.4 Å². The highest BCUT2D eigenvalue weighted by Gasteiger charge is 2.09. The van der Waals surface area contributed by atoms with Crippen LogP contribution in [-0.2, 0) is 4.52 Å². The smallest absolute Gasteiger partial charge is 0.0890 e. The second-order valence-corrected chi connectivity index (χ2v) is 3.03. The average molecular weight is 133 g/mol. The van der Waals surface area contributed by atoms with Crippen LogP contribution in [0.25, 0.3) is 0 Å². The zero-order valence-electron chi connectivity index (χ0n) is 5.18. The van der Waals surface area contributed by atoms with Gasteiger partial charge in [0.05, 0.1) is 15.6 Å². The maximum atomic E-state index is 5.16. The van der Waals surface area contributed by atoms with Crippen LogP contribution in [0, 0.1) is 0 Å². The van der Waals surface area contributed by atoms with Gasteiger partial charge in [0, 0.05) is 13.1 Å². The van der Waals surface area contributed by atoms with Crippen LogP contribution >= 0.6 is 8.96 Å². The largest absolute Gasteiger partial charge is 0.345 e. The van der Waals surface area contributed by atoms with Gasteiger partial charge >= 0.3 is 0 Å². The summed E-state index contributed by atoms with van der Waals surface area (Å²) in [7, 11) is 0.640. The molecule has 2 nitrogen and oxygen atoms in total. The van der Waals surface area contributed by atoms with E-state index in [0.29, 0.717) is 8.96 Å². The first kappa shape index (κ1) is 6.47. The van der Waals surface area contributed by atoms with Gasteiger partial charge in [-0.1, -0.05) is 6.92 Å². The Hall–Kier alpha value is 0.350. The third-order valence-corrected chi connectivity index (χ3v) is 2.19. The fourth-order valence-corrected chi connectivity index (χ4v) is 1.63. The van der Waals surface area contributed by atoms with Gasteiger partial charge in [-0.3, -0.25) is 4.67 Å². The fourth-order valence-electron chi connectivity index (χ4n) is 0.766. The summed E-state index contributed by atoms with van der Waals surface area (Å²) in [5.41, 5.74) is 0. The van der Waals surface area contributed by atoms with Gasteiger partial charge in [0.15, 0.2) is 0 Å². The molecule has 0 N–H and O–H groups in total. The lowest BCUT2D eigenvalue weighted by Crippen LogP contribution is -2.11. The first-order valence-corrected chi connectivity index (χ1v) is 3.91. The zero-order chi connectivity index (χ0) is 5.82. The van der Waals surface area contributed by atoms with Crippen LogP contribution in [0.3, 0.4) is 0 Å². The monoisotopic (exact) mass is 133 g/mol. The van der Waals surface area contributed by atoms with E-state index in [2.05, 4.69) is 11.6 Å². The molecule has 1 saturated heterocycles. The molecule has 1 heterocycles. The van der Waals surface area contributed by atoms with Crippen LogP contribution in [0.2, 0.25) is 0 Å². The van der Waals surface area contributed by atoms with E-state index in [-0.39, 0.29) is 0 Å². The summed E-state index contributed by atoms with van der Waals surface area (Å²) in [6.07, 6.45) is 1.25. The molecule has 0 radical (unpaired) electrons. The molecule has 0 amide bonds. The van der Waals surface area contributed by atoms with E-state index < -0.39 is 0 Å². The quantitative estimate of drug-likeness (QED) is 0.525. The Labute approximate surface area is 52.1 Å². The molecule has 1 unspecified atom stereocenters. The minimum atomic E-state index is 0.640. The average Bonchev–Trinajstić information content (AvgIpc) is 2.19. The summed E-state index contributed by atoms with van der Waals surface area (Å²) in [5, 5.41) is 0. The van der Waals surface area contributed by atoms with E-state index in [0.717, 1.165) is 13.2 Å². The van der Waals surface area contributed by atoms with E-state index in [9.17, 15) is 0 Å². The Morgan fingerprint density at radius 3 is 3.12 bits per heavy atom. The van der Waals surface area contributed by atoms with Gasteiger partial charge in [0.2, 0.25) is 0 Å². The molecule has 1 rings (SSSR count). The molecule has 0 aromatic carbocycles. The van der Waals surface area contributed by atoms with Crippen molar-refractivity contribution in [2.45, 2.75) is 13.3 Å². The van der Waals surface area contributed by atoms with E-state index in [1.807, 2.05) is 0 Å². The van der Waals surface area contributed by atoms with Crippen LogP contribution in [0.5, 0.6) is 0 Å². The van der Waals surface area contributed by atoms with Gasteiger partial charge in [-0.15, -0.1) is 0 Å². The van der Waals surface area contributed by atoms with Gasteiger partial charge in [0.1, 0.15) is 0 Å². The molecule has 48 valence electrons. The lowest BCUT2D eigenvalue weighted by Gasteiger charge is -2.08. The van der Waals surface area contributed by atoms with E-state index in [4.69, 9.17) is 4.52 Å². The predicted molar refractivity (Wildman–Crippen MR) is 36.1 cm³/mol. The summed E-state index contributed by atoms with van der Waals surface area (Å²) in [4.78, 5) is 0. The molecule has 0 aromatic rings. The lowest BCUT2D eigenvalue weighted by atomic mass is 10.5. The Morgan fingerprint density at radius 1 is 1.75 bits per heavy atom. The van der Waals surface area contributed by atoms with E-state index in [1.165, 1.54) is 13.0 Å². The van der Waals surface area contributed by atoms with Crippen molar-refractivity contribution in [3.05, 3.63) is 0 Å². The minimum Gasteiger partial charge on any atom is -0.345 e. The van der Waals surface area contributed by atoms with E-state index >= 15 is 0 Å². The standard InChI is InChI=1S/C5H12NOP/c1-2-3-6-4-5-7-8-6/h8H,2-5H2,1H3. The summed E-state index contributed by atoms with van der Waals surface area (Å²) in [6, 6.07) is 0. The molecule has 1 atom stereocenters.